The molecule has 0 aliphatic heterocycles. The smallest absolute Gasteiger partial charge is 0.0701 e. The molecule has 0 aliphatic rings. The van der Waals surface area contributed by atoms with Crippen molar-refractivity contribution in [2.24, 2.45) is 5.84 Å². The second kappa shape index (κ2) is 8.19. The summed E-state index contributed by atoms with van der Waals surface area (Å²) >= 11 is 0. The van der Waals surface area contributed by atoms with Gasteiger partial charge in [0.25, 0.3) is 0 Å². The first kappa shape index (κ1) is 12.6. The lowest BCUT2D eigenvalue weighted by molar-refractivity contribution is 0.0587. The van der Waals surface area contributed by atoms with Gasteiger partial charge in [-0.25, -0.2) is 0 Å². The summed E-state index contributed by atoms with van der Waals surface area (Å²) in [6.07, 6.45) is 0.837. The molecule has 1 atom stereocenters. The maximum absolute atomic E-state index is 5.33. The molecule has 13 heavy (non-hydrogen) atoms. The molecule has 0 aliphatic carbocycles. The van der Waals surface area contributed by atoms with Gasteiger partial charge in [-0.1, -0.05) is 5.57 Å². The van der Waals surface area contributed by atoms with E-state index in [4.69, 9.17) is 15.3 Å². The summed E-state index contributed by atoms with van der Waals surface area (Å²) in [6.45, 7) is 7.59. The highest BCUT2D eigenvalue weighted by molar-refractivity contribution is 4.92. The number of methoxy groups -OCH3 is 1. The standard InChI is InChI=1S/C9H20N2O2/c1-8(2)6-9(11-10)7-13-5-4-12-3/h9,11H,1,4-7,10H2,2-3H3. The van der Waals surface area contributed by atoms with Gasteiger partial charge in [0.05, 0.1) is 19.8 Å². The van der Waals surface area contributed by atoms with Gasteiger partial charge in [-0.2, -0.15) is 0 Å². The highest BCUT2D eigenvalue weighted by Gasteiger charge is 2.05. The third-order valence-electron chi connectivity index (χ3n) is 1.58. The van der Waals surface area contributed by atoms with E-state index in [1.807, 2.05) is 6.92 Å². The van der Waals surface area contributed by atoms with Crippen molar-refractivity contribution in [2.75, 3.05) is 26.9 Å². The van der Waals surface area contributed by atoms with Gasteiger partial charge in [0, 0.05) is 13.2 Å². The van der Waals surface area contributed by atoms with Gasteiger partial charge in [-0.15, -0.1) is 6.58 Å². The quantitative estimate of drug-likeness (QED) is 0.251. The van der Waals surface area contributed by atoms with Gasteiger partial charge in [0.2, 0.25) is 0 Å². The Morgan fingerprint density at radius 3 is 2.69 bits per heavy atom. The first-order chi connectivity index (χ1) is 6.20. The summed E-state index contributed by atoms with van der Waals surface area (Å²) in [4.78, 5) is 0. The van der Waals surface area contributed by atoms with Crippen molar-refractivity contribution in [2.45, 2.75) is 19.4 Å². The molecule has 0 radical (unpaired) electrons. The lowest BCUT2D eigenvalue weighted by Gasteiger charge is -2.15. The van der Waals surface area contributed by atoms with Crippen LogP contribution in [-0.4, -0.2) is 33.0 Å². The number of hydrogen-bond donors (Lipinski definition) is 2. The van der Waals surface area contributed by atoms with E-state index in [1.165, 1.54) is 0 Å². The fourth-order valence-corrected chi connectivity index (χ4v) is 0.954. The zero-order valence-electron chi connectivity index (χ0n) is 8.51. The molecule has 0 aromatic rings. The van der Waals surface area contributed by atoms with Gasteiger partial charge >= 0.3 is 0 Å². The van der Waals surface area contributed by atoms with E-state index >= 15 is 0 Å². The lowest BCUT2D eigenvalue weighted by atomic mass is 10.1. The average molecular weight is 188 g/mol. The maximum atomic E-state index is 5.33. The molecule has 3 N–H and O–H groups in total. The predicted octanol–water partition coefficient (Wildman–Crippen LogP) is 0.448. The normalized spacial score (nSPS) is 12.8. The van der Waals surface area contributed by atoms with Gasteiger partial charge in [0.1, 0.15) is 0 Å². The molecule has 0 heterocycles. The molecule has 0 rings (SSSR count). The third kappa shape index (κ3) is 7.93. The van der Waals surface area contributed by atoms with Crippen LogP contribution in [0.4, 0.5) is 0 Å². The number of ether oxygens (including phenoxy) is 2. The predicted molar refractivity (Wildman–Crippen MR) is 53.2 cm³/mol. The van der Waals surface area contributed by atoms with Crippen LogP contribution in [0.1, 0.15) is 13.3 Å². The van der Waals surface area contributed by atoms with Gasteiger partial charge < -0.3 is 9.47 Å². The molecule has 0 aromatic heterocycles. The van der Waals surface area contributed by atoms with E-state index in [9.17, 15) is 0 Å². The van der Waals surface area contributed by atoms with Gasteiger partial charge in [0.15, 0.2) is 0 Å². The molecule has 4 nitrogen and oxygen atoms in total. The van der Waals surface area contributed by atoms with Crippen molar-refractivity contribution in [3.8, 4) is 0 Å². The van der Waals surface area contributed by atoms with E-state index < -0.39 is 0 Å². The number of nitrogens with two attached hydrogens (primary N) is 1. The third-order valence-corrected chi connectivity index (χ3v) is 1.58. The van der Waals surface area contributed by atoms with Gasteiger partial charge in [-0.3, -0.25) is 11.3 Å². The largest absolute Gasteiger partial charge is 0.382 e. The molecule has 0 bridgehead atoms. The minimum absolute atomic E-state index is 0.148. The molecular formula is C9H20N2O2. The summed E-state index contributed by atoms with van der Waals surface area (Å²) in [5.41, 5.74) is 3.78. The fraction of sp³-hybridized carbons (Fsp3) is 0.778. The molecule has 78 valence electrons. The minimum Gasteiger partial charge on any atom is -0.382 e. The van der Waals surface area contributed by atoms with Crippen LogP contribution in [0.3, 0.4) is 0 Å². The molecule has 0 saturated heterocycles. The van der Waals surface area contributed by atoms with Crippen molar-refractivity contribution < 1.29 is 9.47 Å². The second-order valence-corrected chi connectivity index (χ2v) is 3.09. The van der Waals surface area contributed by atoms with Crippen LogP contribution in [0.5, 0.6) is 0 Å². The molecule has 0 fully saturated rings. The number of hydrazine groups is 1. The van der Waals surface area contributed by atoms with Crippen molar-refractivity contribution in [1.29, 1.82) is 0 Å². The van der Waals surface area contributed by atoms with Crippen LogP contribution in [0.25, 0.3) is 0 Å². The highest BCUT2D eigenvalue weighted by Crippen LogP contribution is 2.01. The first-order valence-electron chi connectivity index (χ1n) is 4.38. The Morgan fingerprint density at radius 2 is 2.23 bits per heavy atom. The van der Waals surface area contributed by atoms with Crippen molar-refractivity contribution in [3.63, 3.8) is 0 Å². The Balaban J connectivity index is 3.42. The Labute approximate surface area is 80.1 Å². The first-order valence-corrected chi connectivity index (χ1v) is 4.38. The topological polar surface area (TPSA) is 56.5 Å². The molecule has 0 saturated carbocycles. The lowest BCUT2D eigenvalue weighted by Crippen LogP contribution is -2.39. The van der Waals surface area contributed by atoms with Crippen LogP contribution < -0.4 is 11.3 Å². The Hall–Kier alpha value is -0.420. The summed E-state index contributed by atoms with van der Waals surface area (Å²) < 4.78 is 10.2. The SMILES string of the molecule is C=C(C)CC(COCCOC)NN. The van der Waals surface area contributed by atoms with E-state index in [2.05, 4.69) is 12.0 Å². The second-order valence-electron chi connectivity index (χ2n) is 3.09. The zero-order chi connectivity index (χ0) is 10.1. The van der Waals surface area contributed by atoms with Crippen LogP contribution >= 0.6 is 0 Å². The van der Waals surface area contributed by atoms with Gasteiger partial charge in [-0.05, 0) is 13.3 Å². The van der Waals surface area contributed by atoms with Crippen molar-refractivity contribution in [1.82, 2.24) is 5.43 Å². The van der Waals surface area contributed by atoms with Crippen LogP contribution in [0.15, 0.2) is 12.2 Å². The zero-order valence-corrected chi connectivity index (χ0v) is 8.51. The van der Waals surface area contributed by atoms with Crippen LogP contribution in [0.2, 0.25) is 0 Å². The Kier molecular flexibility index (Phi) is 7.93. The fourth-order valence-electron chi connectivity index (χ4n) is 0.954. The minimum atomic E-state index is 0.148. The highest BCUT2D eigenvalue weighted by atomic mass is 16.5. The molecule has 0 amide bonds. The van der Waals surface area contributed by atoms with Crippen molar-refractivity contribution in [3.05, 3.63) is 12.2 Å². The number of rotatable bonds is 8. The molecule has 0 spiro atoms. The molecular weight excluding hydrogens is 168 g/mol. The number of nitrogens with one attached hydrogen (secondary N) is 1. The summed E-state index contributed by atoms with van der Waals surface area (Å²) in [5.74, 6) is 5.33. The maximum Gasteiger partial charge on any atom is 0.0701 e. The summed E-state index contributed by atoms with van der Waals surface area (Å²) in [7, 11) is 1.65. The molecule has 4 heteroatoms. The molecule has 0 aromatic carbocycles. The Morgan fingerprint density at radius 1 is 1.54 bits per heavy atom. The van der Waals surface area contributed by atoms with Crippen molar-refractivity contribution >= 4 is 0 Å². The molecule has 1 unspecified atom stereocenters. The number of hydrogen-bond acceptors (Lipinski definition) is 4. The van der Waals surface area contributed by atoms with E-state index in [1.54, 1.807) is 7.11 Å². The van der Waals surface area contributed by atoms with E-state index in [0.29, 0.717) is 19.8 Å². The van der Waals surface area contributed by atoms with Crippen LogP contribution in [-0.2, 0) is 9.47 Å². The Bertz CT molecular complexity index is 140. The summed E-state index contributed by atoms with van der Waals surface area (Å²) in [5, 5.41) is 0. The van der Waals surface area contributed by atoms with E-state index in [0.717, 1.165) is 12.0 Å². The monoisotopic (exact) mass is 188 g/mol. The average Bonchev–Trinajstić information content (AvgIpc) is 2.09. The van der Waals surface area contributed by atoms with Crippen LogP contribution in [0, 0.1) is 0 Å². The van der Waals surface area contributed by atoms with E-state index in [-0.39, 0.29) is 6.04 Å². The summed E-state index contributed by atoms with van der Waals surface area (Å²) in [6, 6.07) is 0.148.